The highest BCUT2D eigenvalue weighted by atomic mass is 35.5. The Morgan fingerprint density at radius 1 is 1.41 bits per heavy atom. The van der Waals surface area contributed by atoms with Crippen LogP contribution in [0.4, 0.5) is 5.69 Å². The number of nitrogens with zero attached hydrogens (tertiary/aromatic N) is 3. The molecule has 1 heterocycles. The van der Waals surface area contributed by atoms with Crippen LogP contribution in [0.3, 0.4) is 0 Å². The number of thioether (sulfide) groups is 1. The highest BCUT2D eigenvalue weighted by molar-refractivity contribution is 7.98. The number of rotatable bonds is 4. The minimum absolute atomic E-state index is 0.680. The van der Waals surface area contributed by atoms with Crippen LogP contribution in [0.25, 0.3) is 0 Å². The first kappa shape index (κ1) is 12.3. The van der Waals surface area contributed by atoms with Crippen molar-refractivity contribution in [1.29, 1.82) is 0 Å². The molecule has 1 aromatic heterocycles. The molecule has 0 spiro atoms. The third-order valence-electron chi connectivity index (χ3n) is 2.17. The van der Waals surface area contributed by atoms with E-state index in [0.29, 0.717) is 11.6 Å². The van der Waals surface area contributed by atoms with Gasteiger partial charge in [0.15, 0.2) is 5.82 Å². The molecule has 1 aromatic carbocycles. The highest BCUT2D eigenvalue weighted by Crippen LogP contribution is 2.33. The predicted octanol–water partition coefficient (Wildman–Crippen LogP) is 3.08. The molecule has 0 aliphatic rings. The first-order valence-corrected chi connectivity index (χ1v) is 6.38. The molecule has 0 atom stereocenters. The number of anilines is 1. The summed E-state index contributed by atoms with van der Waals surface area (Å²) < 4.78 is 4.69. The molecule has 0 amide bonds. The summed E-state index contributed by atoms with van der Waals surface area (Å²) in [4.78, 5) is 7.16. The van der Waals surface area contributed by atoms with Gasteiger partial charge in [0, 0.05) is 24.0 Å². The van der Waals surface area contributed by atoms with Crippen LogP contribution < -0.4 is 4.90 Å². The number of aromatic nitrogens is 2. The van der Waals surface area contributed by atoms with Crippen molar-refractivity contribution in [2.24, 2.45) is 0 Å². The Balaban J connectivity index is 2.14. The summed E-state index contributed by atoms with van der Waals surface area (Å²) in [5, 5.41) is 4.51. The van der Waals surface area contributed by atoms with E-state index in [2.05, 4.69) is 10.1 Å². The Hall–Kier alpha value is -1.20. The standard InChI is InChI=1S/C11H12ClN3OS/c1-15(2)9-5-8(12)3-4-10(9)17-6-11-13-7-16-14-11/h3-5,7H,6H2,1-2H3. The number of hydrogen-bond acceptors (Lipinski definition) is 5. The third kappa shape index (κ3) is 3.14. The maximum atomic E-state index is 5.98. The van der Waals surface area contributed by atoms with Gasteiger partial charge >= 0.3 is 0 Å². The summed E-state index contributed by atoms with van der Waals surface area (Å²) >= 11 is 7.64. The average molecular weight is 270 g/mol. The molecule has 0 aliphatic heterocycles. The molecule has 6 heteroatoms. The zero-order valence-corrected chi connectivity index (χ0v) is 11.1. The SMILES string of the molecule is CN(C)c1cc(Cl)ccc1SCc1ncon1. The van der Waals surface area contributed by atoms with E-state index in [0.717, 1.165) is 15.6 Å². The number of hydrogen-bond donors (Lipinski definition) is 0. The van der Waals surface area contributed by atoms with Crippen molar-refractivity contribution in [3.8, 4) is 0 Å². The quantitative estimate of drug-likeness (QED) is 0.798. The van der Waals surface area contributed by atoms with E-state index in [1.807, 2.05) is 37.2 Å². The van der Waals surface area contributed by atoms with Crippen LogP contribution >= 0.6 is 23.4 Å². The zero-order chi connectivity index (χ0) is 12.3. The van der Waals surface area contributed by atoms with E-state index in [4.69, 9.17) is 16.1 Å². The molecular formula is C11H12ClN3OS. The Morgan fingerprint density at radius 3 is 2.88 bits per heavy atom. The minimum atomic E-state index is 0.680. The lowest BCUT2D eigenvalue weighted by Gasteiger charge is -2.16. The molecule has 0 saturated heterocycles. The lowest BCUT2D eigenvalue weighted by molar-refractivity contribution is 0.412. The van der Waals surface area contributed by atoms with Crippen molar-refractivity contribution in [2.75, 3.05) is 19.0 Å². The summed E-state index contributed by atoms with van der Waals surface area (Å²) in [6, 6.07) is 5.83. The average Bonchev–Trinajstić information content (AvgIpc) is 2.80. The van der Waals surface area contributed by atoms with Gasteiger partial charge in [-0.2, -0.15) is 4.98 Å². The fraction of sp³-hybridized carbons (Fsp3) is 0.273. The summed E-state index contributed by atoms with van der Waals surface area (Å²) in [6.45, 7) is 0. The molecule has 0 radical (unpaired) electrons. The molecule has 0 fully saturated rings. The molecule has 0 aliphatic carbocycles. The van der Waals surface area contributed by atoms with Gasteiger partial charge in [0.05, 0.1) is 11.4 Å². The molecule has 0 bridgehead atoms. The number of benzene rings is 1. The van der Waals surface area contributed by atoms with Gasteiger partial charge in [-0.1, -0.05) is 16.8 Å². The van der Waals surface area contributed by atoms with Crippen molar-refractivity contribution < 1.29 is 4.52 Å². The van der Waals surface area contributed by atoms with Gasteiger partial charge in [-0.25, -0.2) is 0 Å². The lowest BCUT2D eigenvalue weighted by Crippen LogP contribution is -2.09. The molecule has 2 rings (SSSR count). The molecule has 0 N–H and O–H groups in total. The van der Waals surface area contributed by atoms with Crippen LogP contribution in [0.1, 0.15) is 5.82 Å². The summed E-state index contributed by atoms with van der Waals surface area (Å²) in [5.74, 6) is 1.37. The van der Waals surface area contributed by atoms with Crippen molar-refractivity contribution in [1.82, 2.24) is 10.1 Å². The Morgan fingerprint density at radius 2 is 2.24 bits per heavy atom. The van der Waals surface area contributed by atoms with Gasteiger partial charge in [-0.05, 0) is 18.2 Å². The molecule has 90 valence electrons. The fourth-order valence-electron chi connectivity index (χ4n) is 1.36. The fourth-order valence-corrected chi connectivity index (χ4v) is 2.49. The van der Waals surface area contributed by atoms with E-state index in [1.165, 1.54) is 6.39 Å². The molecule has 17 heavy (non-hydrogen) atoms. The second-order valence-corrected chi connectivity index (χ2v) is 5.10. The van der Waals surface area contributed by atoms with Crippen LogP contribution in [0.2, 0.25) is 5.02 Å². The second kappa shape index (κ2) is 5.42. The molecule has 4 nitrogen and oxygen atoms in total. The number of halogens is 1. The van der Waals surface area contributed by atoms with Gasteiger partial charge in [-0.15, -0.1) is 11.8 Å². The lowest BCUT2D eigenvalue weighted by atomic mass is 10.3. The normalized spacial score (nSPS) is 10.5. The maximum absolute atomic E-state index is 5.98. The molecule has 0 unspecified atom stereocenters. The monoisotopic (exact) mass is 269 g/mol. The zero-order valence-electron chi connectivity index (χ0n) is 9.55. The van der Waals surface area contributed by atoms with Gasteiger partial charge in [0.1, 0.15) is 0 Å². The van der Waals surface area contributed by atoms with Crippen molar-refractivity contribution in [3.05, 3.63) is 35.4 Å². The van der Waals surface area contributed by atoms with Crippen LogP contribution in [0.15, 0.2) is 34.0 Å². The van der Waals surface area contributed by atoms with E-state index in [9.17, 15) is 0 Å². The van der Waals surface area contributed by atoms with Crippen LogP contribution in [0.5, 0.6) is 0 Å². The van der Waals surface area contributed by atoms with E-state index >= 15 is 0 Å². The highest BCUT2D eigenvalue weighted by Gasteiger charge is 2.08. The van der Waals surface area contributed by atoms with Gasteiger partial charge in [-0.3, -0.25) is 0 Å². The first-order valence-electron chi connectivity index (χ1n) is 5.02. The second-order valence-electron chi connectivity index (χ2n) is 3.64. The van der Waals surface area contributed by atoms with Crippen LogP contribution in [-0.2, 0) is 5.75 Å². The van der Waals surface area contributed by atoms with E-state index < -0.39 is 0 Å². The van der Waals surface area contributed by atoms with E-state index in [1.54, 1.807) is 11.8 Å². The molecule has 2 aromatic rings. The van der Waals surface area contributed by atoms with Crippen molar-refractivity contribution in [3.63, 3.8) is 0 Å². The smallest absolute Gasteiger partial charge is 0.213 e. The molecule has 0 saturated carbocycles. The van der Waals surface area contributed by atoms with Crippen LogP contribution in [0, 0.1) is 0 Å². The maximum Gasteiger partial charge on any atom is 0.213 e. The van der Waals surface area contributed by atoms with E-state index in [-0.39, 0.29) is 0 Å². The van der Waals surface area contributed by atoms with Gasteiger partial charge in [0.2, 0.25) is 6.39 Å². The van der Waals surface area contributed by atoms with Gasteiger partial charge < -0.3 is 9.42 Å². The Labute approximate surface area is 109 Å². The summed E-state index contributed by atoms with van der Waals surface area (Å²) in [5.41, 5.74) is 1.09. The van der Waals surface area contributed by atoms with Gasteiger partial charge in [0.25, 0.3) is 0 Å². The summed E-state index contributed by atoms with van der Waals surface area (Å²) in [6.07, 6.45) is 1.34. The third-order valence-corrected chi connectivity index (χ3v) is 3.46. The Bertz CT molecular complexity index is 487. The Kier molecular flexibility index (Phi) is 3.91. The topological polar surface area (TPSA) is 42.2 Å². The summed E-state index contributed by atoms with van der Waals surface area (Å²) in [7, 11) is 3.98. The van der Waals surface area contributed by atoms with Crippen molar-refractivity contribution in [2.45, 2.75) is 10.6 Å². The molecular weight excluding hydrogens is 258 g/mol. The van der Waals surface area contributed by atoms with Crippen molar-refractivity contribution >= 4 is 29.1 Å². The minimum Gasteiger partial charge on any atom is -0.377 e. The van der Waals surface area contributed by atoms with Crippen LogP contribution in [-0.4, -0.2) is 24.2 Å². The first-order chi connectivity index (χ1) is 8.16. The predicted molar refractivity (Wildman–Crippen MR) is 69.6 cm³/mol. The largest absolute Gasteiger partial charge is 0.377 e.